The molecule has 0 atom stereocenters. The molecule has 0 aliphatic heterocycles. The first-order chi connectivity index (χ1) is 10.2. The largest absolute Gasteiger partial charge is 0.457 e. The molecule has 0 saturated carbocycles. The Bertz CT molecular complexity index is 828. The molecule has 0 spiro atoms. The van der Waals surface area contributed by atoms with E-state index in [4.69, 9.17) is 4.74 Å². The molecule has 104 valence electrons. The molecule has 0 N–H and O–H groups in total. The number of fused-ring (bicyclic) bond motifs is 1. The van der Waals surface area contributed by atoms with Gasteiger partial charge in [0.05, 0.1) is 5.56 Å². The molecule has 0 radical (unpaired) electrons. The number of carbonyl (C=O) groups excluding carboxylic acids is 1. The van der Waals surface area contributed by atoms with E-state index >= 15 is 0 Å². The molecule has 21 heavy (non-hydrogen) atoms. The maximum atomic E-state index is 11.1. The van der Waals surface area contributed by atoms with E-state index < -0.39 is 0 Å². The van der Waals surface area contributed by atoms with Gasteiger partial charge in [0.2, 0.25) is 0 Å². The second-order valence-electron chi connectivity index (χ2n) is 4.56. The highest BCUT2D eigenvalue weighted by Crippen LogP contribution is 2.30. The van der Waals surface area contributed by atoms with Crippen LogP contribution in [-0.4, -0.2) is 6.29 Å². The van der Waals surface area contributed by atoms with E-state index in [9.17, 15) is 4.79 Å². The van der Waals surface area contributed by atoms with Crippen LogP contribution in [0, 0.1) is 0 Å². The van der Waals surface area contributed by atoms with Crippen LogP contribution in [0.1, 0.15) is 10.4 Å². The zero-order valence-corrected chi connectivity index (χ0v) is 14.0. The van der Waals surface area contributed by atoms with E-state index in [1.807, 2.05) is 36.4 Å². The van der Waals surface area contributed by atoms with Gasteiger partial charge in [-0.1, -0.05) is 44.0 Å². The predicted molar refractivity (Wildman–Crippen MR) is 91.3 cm³/mol. The van der Waals surface area contributed by atoms with Crippen molar-refractivity contribution in [3.63, 3.8) is 0 Å². The minimum absolute atomic E-state index is 0.514. The summed E-state index contributed by atoms with van der Waals surface area (Å²) in [6, 6.07) is 17.3. The van der Waals surface area contributed by atoms with E-state index in [0.717, 1.165) is 26.0 Å². The van der Waals surface area contributed by atoms with Crippen LogP contribution in [0.2, 0.25) is 0 Å². The van der Waals surface area contributed by atoms with Crippen LogP contribution in [0.4, 0.5) is 0 Å². The van der Waals surface area contributed by atoms with Gasteiger partial charge >= 0.3 is 0 Å². The standard InChI is InChI=1S/C17H10Br2O2/c18-14-3-1-12-9-16(5-2-11(12)7-14)21-17-6-4-15(19)8-13(17)10-20/h1-10H. The molecular weight excluding hydrogens is 396 g/mol. The summed E-state index contributed by atoms with van der Waals surface area (Å²) in [5.74, 6) is 1.25. The number of hydrogen-bond acceptors (Lipinski definition) is 2. The Kier molecular flexibility index (Phi) is 4.08. The molecule has 0 heterocycles. The predicted octanol–water partition coefficient (Wildman–Crippen LogP) is 5.97. The Labute approximate surface area is 139 Å². The number of carbonyl (C=O) groups is 1. The van der Waals surface area contributed by atoms with Gasteiger partial charge in [-0.2, -0.15) is 0 Å². The molecular formula is C17H10Br2O2. The Balaban J connectivity index is 1.98. The lowest BCUT2D eigenvalue weighted by Crippen LogP contribution is -1.90. The monoisotopic (exact) mass is 404 g/mol. The third-order valence-corrected chi connectivity index (χ3v) is 4.09. The number of hydrogen-bond donors (Lipinski definition) is 0. The van der Waals surface area contributed by atoms with Crippen LogP contribution < -0.4 is 4.74 Å². The van der Waals surface area contributed by atoms with Gasteiger partial charge in [0, 0.05) is 8.95 Å². The fraction of sp³-hybridized carbons (Fsp3) is 0. The van der Waals surface area contributed by atoms with E-state index in [2.05, 4.69) is 37.9 Å². The van der Waals surface area contributed by atoms with Crippen LogP contribution in [0.15, 0.2) is 63.5 Å². The number of benzene rings is 3. The first kappa shape index (κ1) is 14.3. The van der Waals surface area contributed by atoms with E-state index in [-0.39, 0.29) is 0 Å². The highest BCUT2D eigenvalue weighted by atomic mass is 79.9. The van der Waals surface area contributed by atoms with Crippen molar-refractivity contribution in [2.24, 2.45) is 0 Å². The summed E-state index contributed by atoms with van der Waals surface area (Å²) in [6.45, 7) is 0. The van der Waals surface area contributed by atoms with Crippen LogP contribution in [0.5, 0.6) is 11.5 Å². The van der Waals surface area contributed by atoms with E-state index in [0.29, 0.717) is 17.1 Å². The molecule has 0 unspecified atom stereocenters. The van der Waals surface area contributed by atoms with Crippen molar-refractivity contribution in [2.45, 2.75) is 0 Å². The second-order valence-corrected chi connectivity index (χ2v) is 6.39. The molecule has 0 saturated heterocycles. The summed E-state index contributed by atoms with van der Waals surface area (Å²) in [7, 11) is 0. The van der Waals surface area contributed by atoms with Gasteiger partial charge in [0.25, 0.3) is 0 Å². The quantitative estimate of drug-likeness (QED) is 0.501. The zero-order chi connectivity index (χ0) is 14.8. The fourth-order valence-electron chi connectivity index (χ4n) is 2.09. The van der Waals surface area contributed by atoms with Crippen molar-refractivity contribution in [3.8, 4) is 11.5 Å². The topological polar surface area (TPSA) is 26.3 Å². The van der Waals surface area contributed by atoms with Crippen molar-refractivity contribution >= 4 is 48.9 Å². The fourth-order valence-corrected chi connectivity index (χ4v) is 2.85. The third kappa shape index (κ3) is 3.17. The minimum atomic E-state index is 0.514. The van der Waals surface area contributed by atoms with Gasteiger partial charge in [-0.3, -0.25) is 4.79 Å². The lowest BCUT2D eigenvalue weighted by atomic mass is 10.1. The van der Waals surface area contributed by atoms with Crippen molar-refractivity contribution in [1.82, 2.24) is 0 Å². The number of halogens is 2. The van der Waals surface area contributed by atoms with Gasteiger partial charge < -0.3 is 4.74 Å². The first-order valence-corrected chi connectivity index (χ1v) is 7.86. The molecule has 0 bridgehead atoms. The maximum Gasteiger partial charge on any atom is 0.153 e. The number of ether oxygens (including phenoxy) is 1. The van der Waals surface area contributed by atoms with E-state index in [1.165, 1.54) is 0 Å². The smallest absolute Gasteiger partial charge is 0.153 e. The Hall–Kier alpha value is -1.65. The molecule has 3 aromatic rings. The van der Waals surface area contributed by atoms with Crippen molar-refractivity contribution in [2.75, 3.05) is 0 Å². The van der Waals surface area contributed by atoms with Crippen LogP contribution in [-0.2, 0) is 0 Å². The Morgan fingerprint density at radius 2 is 1.48 bits per heavy atom. The molecule has 0 aliphatic carbocycles. The van der Waals surface area contributed by atoms with Crippen molar-refractivity contribution in [1.29, 1.82) is 0 Å². The summed E-state index contributed by atoms with van der Waals surface area (Å²) in [6.07, 6.45) is 0.790. The summed E-state index contributed by atoms with van der Waals surface area (Å²) in [4.78, 5) is 11.1. The molecule has 0 amide bonds. The summed E-state index contributed by atoms with van der Waals surface area (Å²) < 4.78 is 7.72. The Morgan fingerprint density at radius 1 is 0.810 bits per heavy atom. The first-order valence-electron chi connectivity index (χ1n) is 6.27. The normalized spacial score (nSPS) is 10.6. The molecule has 3 aromatic carbocycles. The van der Waals surface area contributed by atoms with Gasteiger partial charge in [0.1, 0.15) is 11.5 Å². The van der Waals surface area contributed by atoms with E-state index in [1.54, 1.807) is 12.1 Å². The lowest BCUT2D eigenvalue weighted by Gasteiger charge is -2.09. The second kappa shape index (κ2) is 6.00. The van der Waals surface area contributed by atoms with Crippen LogP contribution in [0.3, 0.4) is 0 Å². The van der Waals surface area contributed by atoms with Gasteiger partial charge in [0.15, 0.2) is 6.29 Å². The summed E-state index contributed by atoms with van der Waals surface area (Å²) >= 11 is 6.80. The van der Waals surface area contributed by atoms with Crippen LogP contribution >= 0.6 is 31.9 Å². The van der Waals surface area contributed by atoms with Gasteiger partial charge in [-0.15, -0.1) is 0 Å². The SMILES string of the molecule is O=Cc1cc(Br)ccc1Oc1ccc2cc(Br)ccc2c1. The molecule has 0 fully saturated rings. The number of rotatable bonds is 3. The average Bonchev–Trinajstić information content (AvgIpc) is 2.49. The maximum absolute atomic E-state index is 11.1. The van der Waals surface area contributed by atoms with Crippen molar-refractivity contribution in [3.05, 3.63) is 69.1 Å². The van der Waals surface area contributed by atoms with Gasteiger partial charge in [-0.25, -0.2) is 0 Å². The summed E-state index contributed by atoms with van der Waals surface area (Å²) in [5.41, 5.74) is 0.514. The molecule has 3 rings (SSSR count). The van der Waals surface area contributed by atoms with Gasteiger partial charge in [-0.05, 0) is 53.2 Å². The Morgan fingerprint density at radius 3 is 2.29 bits per heavy atom. The third-order valence-electron chi connectivity index (χ3n) is 3.10. The highest BCUT2D eigenvalue weighted by Gasteiger charge is 2.06. The molecule has 0 aromatic heterocycles. The minimum Gasteiger partial charge on any atom is -0.457 e. The average molecular weight is 406 g/mol. The molecule has 2 nitrogen and oxygen atoms in total. The zero-order valence-electron chi connectivity index (χ0n) is 10.8. The molecule has 4 heteroatoms. The number of aldehydes is 1. The molecule has 0 aliphatic rings. The van der Waals surface area contributed by atoms with Crippen molar-refractivity contribution < 1.29 is 9.53 Å². The highest BCUT2D eigenvalue weighted by molar-refractivity contribution is 9.10. The summed E-state index contributed by atoms with van der Waals surface area (Å²) in [5, 5.41) is 2.21. The lowest BCUT2D eigenvalue weighted by molar-refractivity contribution is 0.112. The van der Waals surface area contributed by atoms with Crippen LogP contribution in [0.25, 0.3) is 10.8 Å².